The second-order valence-corrected chi connectivity index (χ2v) is 2.90. The Morgan fingerprint density at radius 2 is 2.29 bits per heavy atom. The van der Waals surface area contributed by atoms with Crippen molar-refractivity contribution in [1.82, 2.24) is 25.4 Å². The Morgan fingerprint density at radius 3 is 2.79 bits per heavy atom. The summed E-state index contributed by atoms with van der Waals surface area (Å²) >= 11 is 4.83. The van der Waals surface area contributed by atoms with Gasteiger partial charge in [0.05, 0.1) is 0 Å². The van der Waals surface area contributed by atoms with Gasteiger partial charge in [0.2, 0.25) is 0 Å². The fourth-order valence-corrected chi connectivity index (χ4v) is 1.13. The summed E-state index contributed by atoms with van der Waals surface area (Å²) < 4.78 is 1.64. The predicted octanol–water partition coefficient (Wildman–Crippen LogP) is -0.837. The Kier molecular flexibility index (Phi) is 3.46. The van der Waals surface area contributed by atoms with Crippen LogP contribution in [0, 0.1) is 4.77 Å². The number of carbonyl (C=O) groups excluding carboxylic acids is 1. The number of hydrogen-bond acceptors (Lipinski definition) is 3. The molecule has 1 aromatic rings. The Bertz CT molecular complexity index is 389. The molecule has 0 unspecified atom stereocenters. The number of aromatic amines is 2. The number of rotatable bonds is 3. The summed E-state index contributed by atoms with van der Waals surface area (Å²) in [5, 5.41) is 9.78. The second kappa shape index (κ2) is 4.61. The van der Waals surface area contributed by atoms with Crippen LogP contribution in [-0.4, -0.2) is 34.4 Å². The highest BCUT2D eigenvalue weighted by Crippen LogP contribution is 1.79. The lowest BCUT2D eigenvalue weighted by molar-refractivity contribution is 0.242. The van der Waals surface area contributed by atoms with Gasteiger partial charge in [-0.2, -0.15) is 0 Å². The Labute approximate surface area is 84.5 Å². The van der Waals surface area contributed by atoms with Gasteiger partial charge in [0, 0.05) is 20.1 Å². The summed E-state index contributed by atoms with van der Waals surface area (Å²) in [5.74, 6) is 0. The van der Waals surface area contributed by atoms with Gasteiger partial charge in [-0.05, 0) is 12.2 Å². The SMILES string of the molecule is CNC(=O)NCCn1c(=O)[nH][nH]c1=S. The van der Waals surface area contributed by atoms with E-state index in [1.165, 1.54) is 11.6 Å². The molecule has 14 heavy (non-hydrogen) atoms. The molecule has 0 aromatic carbocycles. The standard InChI is InChI=1S/C6H11N5O2S/c1-7-4(12)8-2-3-11-5(13)9-10-6(11)14/h2-3H2,1H3,(H,9,13)(H,10,14)(H2,7,8,12). The van der Waals surface area contributed by atoms with Crippen molar-refractivity contribution in [3.8, 4) is 0 Å². The molecule has 2 amide bonds. The third-order valence-electron chi connectivity index (χ3n) is 1.61. The molecule has 0 atom stereocenters. The van der Waals surface area contributed by atoms with Crippen molar-refractivity contribution in [2.45, 2.75) is 6.54 Å². The maximum atomic E-state index is 11.1. The highest BCUT2D eigenvalue weighted by molar-refractivity contribution is 7.71. The third kappa shape index (κ3) is 2.46. The van der Waals surface area contributed by atoms with Gasteiger partial charge in [0.15, 0.2) is 4.77 Å². The molecule has 0 aliphatic carbocycles. The largest absolute Gasteiger partial charge is 0.342 e. The van der Waals surface area contributed by atoms with Crippen LogP contribution >= 0.6 is 12.2 Å². The van der Waals surface area contributed by atoms with E-state index < -0.39 is 0 Å². The first-order valence-electron chi connectivity index (χ1n) is 3.98. The first-order valence-corrected chi connectivity index (χ1v) is 4.39. The van der Waals surface area contributed by atoms with Crippen LogP contribution in [-0.2, 0) is 6.54 Å². The van der Waals surface area contributed by atoms with Gasteiger partial charge >= 0.3 is 11.7 Å². The summed E-state index contributed by atoms with van der Waals surface area (Å²) in [6.07, 6.45) is 0. The summed E-state index contributed by atoms with van der Waals surface area (Å²) in [6, 6.07) is -0.288. The Hall–Kier alpha value is -1.57. The second-order valence-electron chi connectivity index (χ2n) is 2.52. The quantitative estimate of drug-likeness (QED) is 0.497. The number of carbonyl (C=O) groups is 1. The number of amides is 2. The molecular formula is C6H11N5O2S. The van der Waals surface area contributed by atoms with Crippen molar-refractivity contribution in [1.29, 1.82) is 0 Å². The molecule has 0 aliphatic heterocycles. The van der Waals surface area contributed by atoms with E-state index in [1.807, 2.05) is 0 Å². The molecule has 0 aliphatic rings. The van der Waals surface area contributed by atoms with Crippen molar-refractivity contribution < 1.29 is 4.79 Å². The molecule has 4 N–H and O–H groups in total. The lowest BCUT2D eigenvalue weighted by Gasteiger charge is -2.03. The minimum atomic E-state index is -0.311. The van der Waals surface area contributed by atoms with Gasteiger partial charge in [-0.1, -0.05) is 0 Å². The van der Waals surface area contributed by atoms with Crippen LogP contribution in [0.5, 0.6) is 0 Å². The molecule has 7 nitrogen and oxygen atoms in total. The number of nitrogens with one attached hydrogen (secondary N) is 4. The number of nitrogens with zero attached hydrogens (tertiary/aromatic N) is 1. The first-order chi connectivity index (χ1) is 6.65. The van der Waals surface area contributed by atoms with Crippen molar-refractivity contribution in [2.24, 2.45) is 0 Å². The smallest absolute Gasteiger partial charge is 0.341 e. The number of H-pyrrole nitrogens is 2. The number of hydrogen-bond donors (Lipinski definition) is 4. The summed E-state index contributed by atoms with van der Waals surface area (Å²) in [7, 11) is 1.52. The van der Waals surface area contributed by atoms with Crippen molar-refractivity contribution in [3.63, 3.8) is 0 Å². The zero-order valence-corrected chi connectivity index (χ0v) is 8.40. The molecule has 1 rings (SSSR count). The van der Waals surface area contributed by atoms with Crippen LogP contribution in [0.1, 0.15) is 0 Å². The van der Waals surface area contributed by atoms with Crippen molar-refractivity contribution >= 4 is 18.2 Å². The fourth-order valence-electron chi connectivity index (χ4n) is 0.907. The van der Waals surface area contributed by atoms with Gasteiger partial charge in [-0.15, -0.1) is 0 Å². The molecule has 0 radical (unpaired) electrons. The zero-order valence-electron chi connectivity index (χ0n) is 7.59. The van der Waals surface area contributed by atoms with Crippen LogP contribution in [0.25, 0.3) is 0 Å². The molecule has 1 heterocycles. The van der Waals surface area contributed by atoms with Crippen LogP contribution in [0.15, 0.2) is 4.79 Å². The normalized spacial score (nSPS) is 9.79. The Balaban J connectivity index is 2.50. The van der Waals surface area contributed by atoms with E-state index in [2.05, 4.69) is 20.8 Å². The van der Waals surface area contributed by atoms with E-state index in [1.54, 1.807) is 0 Å². The lowest BCUT2D eigenvalue weighted by Crippen LogP contribution is -2.36. The van der Waals surface area contributed by atoms with Crippen LogP contribution < -0.4 is 16.3 Å². The van der Waals surface area contributed by atoms with Gasteiger partial charge in [0.25, 0.3) is 0 Å². The number of aromatic nitrogens is 3. The van der Waals surface area contributed by atoms with Gasteiger partial charge < -0.3 is 10.6 Å². The molecule has 0 saturated heterocycles. The average molecular weight is 217 g/mol. The van der Waals surface area contributed by atoms with E-state index >= 15 is 0 Å². The monoisotopic (exact) mass is 217 g/mol. The van der Waals surface area contributed by atoms with Crippen molar-refractivity contribution in [3.05, 3.63) is 15.3 Å². The van der Waals surface area contributed by atoms with E-state index in [-0.39, 0.29) is 11.7 Å². The maximum Gasteiger partial charge on any atom is 0.342 e. The van der Waals surface area contributed by atoms with Gasteiger partial charge in [-0.25, -0.2) is 14.7 Å². The molecular weight excluding hydrogens is 206 g/mol. The fraction of sp³-hybridized carbons (Fsp3) is 0.500. The average Bonchev–Trinajstić information content (AvgIpc) is 2.48. The third-order valence-corrected chi connectivity index (χ3v) is 1.94. The molecule has 78 valence electrons. The number of urea groups is 1. The zero-order chi connectivity index (χ0) is 10.6. The predicted molar refractivity (Wildman–Crippen MR) is 52.7 cm³/mol. The van der Waals surface area contributed by atoms with Crippen molar-refractivity contribution in [2.75, 3.05) is 13.6 Å². The summed E-state index contributed by atoms with van der Waals surface area (Å²) in [6.45, 7) is 0.681. The summed E-state index contributed by atoms with van der Waals surface area (Å²) in [4.78, 5) is 21.8. The van der Waals surface area contributed by atoms with Crippen LogP contribution in [0.3, 0.4) is 0 Å². The molecule has 0 spiro atoms. The molecule has 1 aromatic heterocycles. The highest BCUT2D eigenvalue weighted by atomic mass is 32.1. The van der Waals surface area contributed by atoms with Crippen LogP contribution in [0.2, 0.25) is 0 Å². The van der Waals surface area contributed by atoms with Crippen LogP contribution in [0.4, 0.5) is 4.79 Å². The van der Waals surface area contributed by atoms with Gasteiger partial charge in [-0.3, -0.25) is 9.67 Å². The molecule has 0 bridgehead atoms. The lowest BCUT2D eigenvalue weighted by atomic mass is 10.6. The molecule has 8 heteroatoms. The van der Waals surface area contributed by atoms with E-state index in [9.17, 15) is 9.59 Å². The molecule has 0 fully saturated rings. The minimum Gasteiger partial charge on any atom is -0.341 e. The van der Waals surface area contributed by atoms with E-state index in [4.69, 9.17) is 12.2 Å². The summed E-state index contributed by atoms with van der Waals surface area (Å²) in [5.41, 5.74) is -0.311. The topological polar surface area (TPSA) is 94.7 Å². The minimum absolute atomic E-state index is 0.288. The highest BCUT2D eigenvalue weighted by Gasteiger charge is 2.00. The van der Waals surface area contributed by atoms with E-state index in [0.717, 1.165) is 0 Å². The first kappa shape index (κ1) is 10.5. The Morgan fingerprint density at radius 1 is 1.57 bits per heavy atom. The maximum absolute atomic E-state index is 11.1. The van der Waals surface area contributed by atoms with E-state index in [0.29, 0.717) is 17.9 Å². The van der Waals surface area contributed by atoms with Gasteiger partial charge in [0.1, 0.15) is 0 Å². The molecule has 0 saturated carbocycles.